The van der Waals surface area contributed by atoms with E-state index < -0.39 is 16.1 Å². The minimum atomic E-state index is -4.08. The first kappa shape index (κ1) is 28.3. The van der Waals surface area contributed by atoms with E-state index in [4.69, 9.17) is 0 Å². The van der Waals surface area contributed by atoms with Crippen molar-refractivity contribution in [2.75, 3.05) is 12.8 Å². The van der Waals surface area contributed by atoms with E-state index in [0.717, 1.165) is 12.0 Å². The number of hydrogen-bond donors (Lipinski definition) is 3. The van der Waals surface area contributed by atoms with Crippen molar-refractivity contribution in [1.29, 1.82) is 0 Å². The fraction of sp³-hybridized carbons (Fsp3) is 0.346. The lowest BCUT2D eigenvalue weighted by Crippen LogP contribution is -2.39. The minimum Gasteiger partial charge on any atom is -0.348 e. The Morgan fingerprint density at radius 1 is 1.08 bits per heavy atom. The molecule has 1 atom stereocenters. The highest BCUT2D eigenvalue weighted by molar-refractivity contribution is 7.98. The molecule has 3 rings (SSSR count). The fourth-order valence-corrected chi connectivity index (χ4v) is 5.35. The van der Waals surface area contributed by atoms with Gasteiger partial charge < -0.3 is 15.2 Å². The zero-order valence-electron chi connectivity index (χ0n) is 21.4. The molecule has 3 aromatic rings. The molecule has 0 radical (unpaired) electrons. The molecule has 0 aliphatic carbocycles. The van der Waals surface area contributed by atoms with E-state index >= 15 is 0 Å². The molecule has 3 amide bonds. The molecule has 1 heterocycles. The number of sulfonamides is 1. The third-order valence-electron chi connectivity index (χ3n) is 5.76. The van der Waals surface area contributed by atoms with Crippen molar-refractivity contribution in [1.82, 2.24) is 24.9 Å². The first-order valence-corrected chi connectivity index (χ1v) is 14.8. The molecule has 0 spiro atoms. The predicted molar refractivity (Wildman–Crippen MR) is 146 cm³/mol. The Bertz CT molecular complexity index is 1340. The number of aromatic nitrogens is 2. The van der Waals surface area contributed by atoms with Gasteiger partial charge >= 0.3 is 6.03 Å². The van der Waals surface area contributed by atoms with Crippen molar-refractivity contribution in [3.05, 3.63) is 66.1 Å². The highest BCUT2D eigenvalue weighted by atomic mass is 32.2. The summed E-state index contributed by atoms with van der Waals surface area (Å²) in [4.78, 5) is 29.3. The van der Waals surface area contributed by atoms with Gasteiger partial charge in [-0.15, -0.1) is 11.8 Å². The molecule has 0 fully saturated rings. The highest BCUT2D eigenvalue weighted by Gasteiger charge is 2.22. The van der Waals surface area contributed by atoms with Gasteiger partial charge in [0.15, 0.2) is 0 Å². The second kappa shape index (κ2) is 12.8. The minimum absolute atomic E-state index is 0.0117. The molecule has 1 aromatic heterocycles. The van der Waals surface area contributed by atoms with Crippen LogP contribution in [-0.4, -0.2) is 48.7 Å². The van der Waals surface area contributed by atoms with Crippen molar-refractivity contribution < 1.29 is 18.0 Å². The Labute approximate surface area is 222 Å². The van der Waals surface area contributed by atoms with Crippen LogP contribution in [0.15, 0.2) is 64.8 Å². The number of amides is 3. The summed E-state index contributed by atoms with van der Waals surface area (Å²) < 4.78 is 29.7. The quantitative estimate of drug-likeness (QED) is 0.311. The number of thioether (sulfide) groups is 1. The van der Waals surface area contributed by atoms with Crippen molar-refractivity contribution in [3.8, 4) is 11.1 Å². The number of imidazole rings is 1. The topological polar surface area (TPSA) is 122 Å². The van der Waals surface area contributed by atoms with Crippen molar-refractivity contribution >= 4 is 33.7 Å². The first-order valence-electron chi connectivity index (χ1n) is 12.1. The maximum atomic E-state index is 12.9. The van der Waals surface area contributed by atoms with Gasteiger partial charge in [-0.2, -0.15) is 0 Å². The van der Waals surface area contributed by atoms with Crippen molar-refractivity contribution in [2.45, 2.75) is 56.1 Å². The maximum Gasteiger partial charge on any atom is 0.328 e. The number of urea groups is 1. The number of nitrogens with one attached hydrogen (secondary N) is 3. The molecule has 3 N–H and O–H groups in total. The van der Waals surface area contributed by atoms with Gasteiger partial charge in [0.25, 0.3) is 15.9 Å². The van der Waals surface area contributed by atoms with Crippen LogP contribution in [-0.2, 0) is 16.6 Å². The highest BCUT2D eigenvalue weighted by Crippen LogP contribution is 2.28. The zero-order chi connectivity index (χ0) is 27.0. The summed E-state index contributed by atoms with van der Waals surface area (Å²) in [6, 6.07) is 13.2. The molecule has 198 valence electrons. The van der Waals surface area contributed by atoms with Crippen LogP contribution in [0, 0.1) is 0 Å². The van der Waals surface area contributed by atoms with Crippen LogP contribution in [0.25, 0.3) is 11.1 Å². The summed E-state index contributed by atoms with van der Waals surface area (Å²) in [7, 11) is -4.08. The average molecular weight is 544 g/mol. The maximum absolute atomic E-state index is 12.9. The Morgan fingerprint density at radius 3 is 2.43 bits per heavy atom. The van der Waals surface area contributed by atoms with Gasteiger partial charge in [-0.1, -0.05) is 56.3 Å². The second-order valence-electron chi connectivity index (χ2n) is 8.57. The summed E-state index contributed by atoms with van der Waals surface area (Å²) in [5.74, 6) is -0.164. The van der Waals surface area contributed by atoms with Gasteiger partial charge in [0.05, 0.1) is 11.2 Å². The van der Waals surface area contributed by atoms with Gasteiger partial charge in [-0.05, 0) is 43.2 Å². The van der Waals surface area contributed by atoms with Crippen LogP contribution in [0.1, 0.15) is 49.7 Å². The molecule has 0 aliphatic heterocycles. The number of benzene rings is 2. The van der Waals surface area contributed by atoms with Crippen LogP contribution in [0.5, 0.6) is 0 Å². The number of hydrogen-bond acceptors (Lipinski definition) is 6. The number of carbonyl (C=O) groups is 2. The SMILES string of the molecule is CCCNC(=O)NS(=O)(=O)c1ccccc1-c1ccc(Cn2cnc(SC)c2C(=O)NC(C)CC)cc1. The lowest BCUT2D eigenvalue weighted by Gasteiger charge is -2.15. The van der Waals surface area contributed by atoms with E-state index in [9.17, 15) is 18.0 Å². The van der Waals surface area contributed by atoms with E-state index in [1.807, 2.05) is 55.9 Å². The van der Waals surface area contributed by atoms with Gasteiger partial charge in [-0.3, -0.25) is 4.79 Å². The standard InChI is InChI=1S/C26H33N5O4S2/c1-5-15-27-26(33)30-37(34,35)22-10-8-7-9-21(22)20-13-11-19(12-14-20)16-31-17-28-25(36-4)23(31)24(32)29-18(3)6-2/h7-14,17-18H,5-6,15-16H2,1-4H3,(H,29,32)(H2,27,30,33). The lowest BCUT2D eigenvalue weighted by molar-refractivity contribution is 0.0927. The Kier molecular flexibility index (Phi) is 9.76. The summed E-state index contributed by atoms with van der Waals surface area (Å²) in [5, 5.41) is 6.18. The molecule has 0 aliphatic rings. The number of carbonyl (C=O) groups excluding carboxylic acids is 2. The van der Waals surface area contributed by atoms with Gasteiger partial charge in [0.2, 0.25) is 0 Å². The second-order valence-corrected chi connectivity index (χ2v) is 11.0. The molecule has 0 bridgehead atoms. The lowest BCUT2D eigenvalue weighted by atomic mass is 10.0. The van der Waals surface area contributed by atoms with E-state index in [1.54, 1.807) is 24.5 Å². The molecule has 0 saturated carbocycles. The van der Waals surface area contributed by atoms with E-state index in [-0.39, 0.29) is 16.8 Å². The molecule has 37 heavy (non-hydrogen) atoms. The summed E-state index contributed by atoms with van der Waals surface area (Å²) in [5.41, 5.74) is 2.60. The monoisotopic (exact) mass is 543 g/mol. The van der Waals surface area contributed by atoms with Crippen LogP contribution in [0.2, 0.25) is 0 Å². The third kappa shape index (κ3) is 7.14. The van der Waals surface area contributed by atoms with Crippen molar-refractivity contribution in [2.24, 2.45) is 0 Å². The van der Waals surface area contributed by atoms with Crippen LogP contribution < -0.4 is 15.4 Å². The molecular weight excluding hydrogens is 510 g/mol. The Morgan fingerprint density at radius 2 is 1.78 bits per heavy atom. The molecule has 1 unspecified atom stereocenters. The predicted octanol–water partition coefficient (Wildman–Crippen LogP) is 4.25. The molecule has 0 saturated heterocycles. The summed E-state index contributed by atoms with van der Waals surface area (Å²) in [6.07, 6.45) is 5.06. The Hall–Kier alpha value is -3.31. The smallest absolute Gasteiger partial charge is 0.328 e. The van der Waals surface area contributed by atoms with Crippen LogP contribution in [0.3, 0.4) is 0 Å². The zero-order valence-corrected chi connectivity index (χ0v) is 23.1. The number of nitrogens with zero attached hydrogens (tertiary/aromatic N) is 2. The number of rotatable bonds is 11. The van der Waals surface area contributed by atoms with Gasteiger partial charge in [0.1, 0.15) is 10.7 Å². The van der Waals surface area contributed by atoms with Gasteiger partial charge in [0, 0.05) is 24.7 Å². The van der Waals surface area contributed by atoms with Crippen molar-refractivity contribution in [3.63, 3.8) is 0 Å². The van der Waals surface area contributed by atoms with E-state index in [2.05, 4.69) is 20.3 Å². The van der Waals surface area contributed by atoms with Gasteiger partial charge in [-0.25, -0.2) is 22.9 Å². The third-order valence-corrected chi connectivity index (χ3v) is 7.83. The Balaban J connectivity index is 1.85. The van der Waals surface area contributed by atoms with E-state index in [1.165, 1.54) is 17.8 Å². The molecular formula is C26H33N5O4S2. The average Bonchev–Trinajstić information content (AvgIpc) is 3.30. The van der Waals surface area contributed by atoms with E-state index in [0.29, 0.717) is 41.4 Å². The molecule has 9 nitrogen and oxygen atoms in total. The van der Waals surface area contributed by atoms with Crippen LogP contribution in [0.4, 0.5) is 4.79 Å². The first-order chi connectivity index (χ1) is 17.7. The summed E-state index contributed by atoms with van der Waals surface area (Å²) in [6.45, 7) is 6.66. The largest absolute Gasteiger partial charge is 0.348 e. The molecule has 11 heteroatoms. The molecule has 2 aromatic carbocycles. The summed E-state index contributed by atoms with van der Waals surface area (Å²) >= 11 is 1.42. The fourth-order valence-electron chi connectivity index (χ4n) is 3.63. The van der Waals surface area contributed by atoms with Crippen LogP contribution >= 0.6 is 11.8 Å². The normalized spacial score (nSPS) is 12.1.